The van der Waals surface area contributed by atoms with Crippen LogP contribution in [-0.4, -0.2) is 25.5 Å². The van der Waals surface area contributed by atoms with Gasteiger partial charge in [-0.05, 0) is 73.0 Å². The van der Waals surface area contributed by atoms with E-state index in [0.717, 1.165) is 50.3 Å². The molecule has 6 rings (SSSR count). The van der Waals surface area contributed by atoms with Crippen LogP contribution in [0.15, 0.2) is 60.7 Å². The third-order valence-corrected chi connectivity index (χ3v) is 7.25. The number of H-pyrrole nitrogens is 1. The third kappa shape index (κ3) is 3.44. The van der Waals surface area contributed by atoms with Gasteiger partial charge in [0.1, 0.15) is 5.94 Å². The fourth-order valence-corrected chi connectivity index (χ4v) is 5.55. The summed E-state index contributed by atoms with van der Waals surface area (Å²) in [5, 5.41) is 0. The predicted molar refractivity (Wildman–Crippen MR) is 147 cm³/mol. The van der Waals surface area contributed by atoms with Crippen molar-refractivity contribution >= 4 is 45.7 Å². The monoisotopic (exact) mass is 470 g/mol. The number of carbonyl (C=O) groups excluding carboxylic acids is 1. The first-order chi connectivity index (χ1) is 17.4. The van der Waals surface area contributed by atoms with Gasteiger partial charge >= 0.3 is 0 Å². The van der Waals surface area contributed by atoms with Crippen LogP contribution in [0.2, 0.25) is 0 Å². The minimum Gasteiger partial charge on any atom is -0.355 e. The fraction of sp³-hybridized carbons (Fsp3) is 0.161. The first kappa shape index (κ1) is 22.0. The van der Waals surface area contributed by atoms with Crippen LogP contribution in [0.1, 0.15) is 46.7 Å². The lowest BCUT2D eigenvalue weighted by molar-refractivity contribution is 0.569. The Bertz CT molecular complexity index is 1780. The maximum absolute atomic E-state index is 12.0. The molecule has 1 N–H and O–H groups in total. The largest absolute Gasteiger partial charge is 0.355 e. The Balaban J connectivity index is 1.83. The summed E-state index contributed by atoms with van der Waals surface area (Å²) in [6.45, 7) is 6.30. The molecule has 0 aliphatic carbocycles. The van der Waals surface area contributed by atoms with Crippen molar-refractivity contribution < 1.29 is 4.79 Å². The summed E-state index contributed by atoms with van der Waals surface area (Å²) in [7, 11) is 2.09. The molecular weight excluding hydrogens is 444 g/mol. The van der Waals surface area contributed by atoms with E-state index in [1.807, 2.05) is 43.3 Å². The summed E-state index contributed by atoms with van der Waals surface area (Å²) in [5.74, 6) is 2.02. The van der Waals surface area contributed by atoms with E-state index in [9.17, 15) is 4.79 Å². The fourth-order valence-electron chi connectivity index (χ4n) is 5.55. The van der Waals surface area contributed by atoms with Gasteiger partial charge in [-0.15, -0.1) is 0 Å². The maximum Gasteiger partial charge on any atom is 0.130 e. The van der Waals surface area contributed by atoms with Crippen LogP contribution >= 0.6 is 0 Å². The van der Waals surface area contributed by atoms with Gasteiger partial charge < -0.3 is 9.55 Å². The summed E-state index contributed by atoms with van der Waals surface area (Å²) in [6.07, 6.45) is 4.08. The number of aromatic nitrogens is 4. The number of aromatic amines is 1. The molecule has 176 valence electrons. The first-order valence-corrected chi connectivity index (χ1v) is 12.1. The Morgan fingerprint density at radius 1 is 0.889 bits per heavy atom. The molecule has 1 unspecified atom stereocenters. The molecule has 2 aliphatic heterocycles. The molecule has 3 aromatic heterocycles. The smallest absolute Gasteiger partial charge is 0.130 e. The zero-order valence-corrected chi connectivity index (χ0v) is 20.8. The van der Waals surface area contributed by atoms with Crippen molar-refractivity contribution in [3.8, 4) is 11.1 Å². The molecule has 0 spiro atoms. The topological polar surface area (TPSA) is 63.6 Å². The number of hydrogen-bond donors (Lipinski definition) is 1. The average Bonchev–Trinajstić information content (AvgIpc) is 3.62. The SMILES string of the molecule is Cc1c2nc(cc3ccc(cc4nc(cc5c(-c6ccccc6)c(C)c1n5C)C=C4)[nH]3)C(=C=O)C2C. The van der Waals surface area contributed by atoms with Crippen LogP contribution in [0.5, 0.6) is 0 Å². The van der Waals surface area contributed by atoms with E-state index in [4.69, 9.17) is 9.97 Å². The minimum atomic E-state index is -0.147. The number of benzene rings is 1. The summed E-state index contributed by atoms with van der Waals surface area (Å²) in [4.78, 5) is 25.2. The van der Waals surface area contributed by atoms with Crippen LogP contribution in [0.3, 0.4) is 0 Å². The lowest BCUT2D eigenvalue weighted by Gasteiger charge is -2.07. The Kier molecular flexibility index (Phi) is 5.10. The van der Waals surface area contributed by atoms with Gasteiger partial charge in [-0.3, -0.25) is 4.98 Å². The van der Waals surface area contributed by atoms with E-state index in [-0.39, 0.29) is 5.92 Å². The number of aryl methyl sites for hydroxylation is 3. The molecule has 5 heteroatoms. The average molecular weight is 471 g/mol. The highest BCUT2D eigenvalue weighted by Gasteiger charge is 2.26. The molecular formula is C31H26N4O. The number of nitrogens with zero attached hydrogens (tertiary/aromatic N) is 3. The molecule has 0 saturated carbocycles. The van der Waals surface area contributed by atoms with Crippen LogP contribution < -0.4 is 0 Å². The molecule has 5 heterocycles. The maximum atomic E-state index is 12.0. The third-order valence-electron chi connectivity index (χ3n) is 7.25. The summed E-state index contributed by atoms with van der Waals surface area (Å²) < 4.78 is 2.23. The molecule has 0 amide bonds. The molecule has 5 nitrogen and oxygen atoms in total. The molecule has 4 aromatic rings. The number of allylic oxidation sites excluding steroid dienone is 1. The highest BCUT2D eigenvalue weighted by atomic mass is 16.1. The Morgan fingerprint density at radius 3 is 2.31 bits per heavy atom. The highest BCUT2D eigenvalue weighted by Crippen LogP contribution is 2.39. The van der Waals surface area contributed by atoms with E-state index >= 15 is 0 Å². The Hall–Kier alpha value is -4.47. The van der Waals surface area contributed by atoms with E-state index in [1.54, 1.807) is 0 Å². The van der Waals surface area contributed by atoms with E-state index in [0.29, 0.717) is 11.3 Å². The van der Waals surface area contributed by atoms with Crippen LogP contribution in [0.25, 0.3) is 50.9 Å². The molecule has 1 atom stereocenters. The van der Waals surface area contributed by atoms with E-state index in [2.05, 4.69) is 72.8 Å². The zero-order valence-electron chi connectivity index (χ0n) is 20.8. The molecule has 1 aromatic carbocycles. The van der Waals surface area contributed by atoms with Gasteiger partial charge in [-0.25, -0.2) is 9.78 Å². The van der Waals surface area contributed by atoms with Crippen molar-refractivity contribution in [3.05, 3.63) is 94.6 Å². The molecule has 8 bridgehead atoms. The summed E-state index contributed by atoms with van der Waals surface area (Å²) in [6, 6.07) is 20.5. The number of rotatable bonds is 1. The molecule has 0 radical (unpaired) electrons. The van der Waals surface area contributed by atoms with Gasteiger partial charge in [-0.2, -0.15) is 0 Å². The summed E-state index contributed by atoms with van der Waals surface area (Å²) in [5.41, 5.74) is 12.5. The first-order valence-electron chi connectivity index (χ1n) is 12.1. The van der Waals surface area contributed by atoms with Crippen LogP contribution in [0, 0.1) is 13.8 Å². The van der Waals surface area contributed by atoms with Crippen molar-refractivity contribution in [2.75, 3.05) is 0 Å². The van der Waals surface area contributed by atoms with Gasteiger partial charge in [0.25, 0.3) is 0 Å². The molecule has 2 aliphatic rings. The Morgan fingerprint density at radius 2 is 1.58 bits per heavy atom. The predicted octanol–water partition coefficient (Wildman–Crippen LogP) is 6.80. The zero-order chi connectivity index (χ0) is 25.0. The quantitative estimate of drug-likeness (QED) is 0.274. The second-order valence-corrected chi connectivity index (χ2v) is 9.50. The van der Waals surface area contributed by atoms with Gasteiger partial charge in [0.05, 0.1) is 33.9 Å². The van der Waals surface area contributed by atoms with Gasteiger partial charge in [0.15, 0.2) is 0 Å². The lowest BCUT2D eigenvalue weighted by Crippen LogP contribution is -1.96. The molecule has 36 heavy (non-hydrogen) atoms. The van der Waals surface area contributed by atoms with Gasteiger partial charge in [0, 0.05) is 35.1 Å². The molecule has 0 fully saturated rings. The second kappa shape index (κ2) is 8.33. The van der Waals surface area contributed by atoms with Crippen LogP contribution in [-0.2, 0) is 11.8 Å². The van der Waals surface area contributed by atoms with Crippen molar-refractivity contribution in [2.45, 2.75) is 26.7 Å². The van der Waals surface area contributed by atoms with Crippen molar-refractivity contribution in [1.82, 2.24) is 19.5 Å². The van der Waals surface area contributed by atoms with Crippen molar-refractivity contribution in [1.29, 1.82) is 0 Å². The number of nitrogens with one attached hydrogen (secondary N) is 1. The summed E-state index contributed by atoms with van der Waals surface area (Å²) >= 11 is 0. The van der Waals surface area contributed by atoms with Crippen LogP contribution in [0.4, 0.5) is 0 Å². The normalized spacial score (nSPS) is 14.8. The van der Waals surface area contributed by atoms with Gasteiger partial charge in [-0.1, -0.05) is 37.3 Å². The molecule has 0 saturated heterocycles. The van der Waals surface area contributed by atoms with E-state index in [1.165, 1.54) is 11.1 Å². The van der Waals surface area contributed by atoms with Crippen molar-refractivity contribution in [3.63, 3.8) is 0 Å². The Labute approximate surface area is 209 Å². The standard InChI is InChI=1S/C31H26N4O/c1-18-26(17-36)27-15-24-12-10-22(32-24)14-23-11-13-25(33-23)16-28-29(21-8-6-5-7-9-21)19(2)31(35(28)4)20(3)30(18)34-27/h5-16,18,32H,1-4H3. The second-order valence-electron chi connectivity index (χ2n) is 9.50. The van der Waals surface area contributed by atoms with Gasteiger partial charge in [0.2, 0.25) is 0 Å². The van der Waals surface area contributed by atoms with Crippen molar-refractivity contribution in [2.24, 2.45) is 7.05 Å². The number of hydrogen-bond acceptors (Lipinski definition) is 3. The number of fused-ring (bicyclic) bond motifs is 8. The van der Waals surface area contributed by atoms with E-state index < -0.39 is 0 Å². The minimum absolute atomic E-state index is 0.147. The lowest BCUT2D eigenvalue weighted by atomic mass is 9.95. The highest BCUT2D eigenvalue weighted by molar-refractivity contribution is 5.95.